The van der Waals surface area contributed by atoms with Gasteiger partial charge in [-0.2, -0.15) is 0 Å². The molecular weight excluding hydrogens is 384 g/mol. The zero-order valence-corrected chi connectivity index (χ0v) is 17.4. The van der Waals surface area contributed by atoms with E-state index in [2.05, 4.69) is 4.98 Å². The fourth-order valence-corrected chi connectivity index (χ4v) is 3.49. The Morgan fingerprint density at radius 1 is 1.20 bits per heavy atom. The molecule has 158 valence electrons. The first-order valence-electron chi connectivity index (χ1n) is 9.88. The minimum atomic E-state index is -0.707. The van der Waals surface area contributed by atoms with Crippen LogP contribution in [0.25, 0.3) is 5.76 Å². The Bertz CT molecular complexity index is 922. The van der Waals surface area contributed by atoms with Crippen LogP contribution < -0.4 is 4.74 Å². The number of pyridine rings is 1. The summed E-state index contributed by atoms with van der Waals surface area (Å²) in [5.41, 5.74) is 1.16. The summed E-state index contributed by atoms with van der Waals surface area (Å²) in [7, 11) is 1.58. The van der Waals surface area contributed by atoms with Crippen molar-refractivity contribution in [2.24, 2.45) is 0 Å². The molecule has 7 nitrogen and oxygen atoms in total. The second-order valence-corrected chi connectivity index (χ2v) is 7.32. The van der Waals surface area contributed by atoms with Crippen LogP contribution in [0.1, 0.15) is 37.4 Å². The topological polar surface area (TPSA) is 89.0 Å². The predicted octanol–water partition coefficient (Wildman–Crippen LogP) is 3.33. The number of ketones is 1. The van der Waals surface area contributed by atoms with Crippen molar-refractivity contribution in [2.75, 3.05) is 20.3 Å². The van der Waals surface area contributed by atoms with Crippen LogP contribution in [-0.2, 0) is 14.3 Å². The van der Waals surface area contributed by atoms with Crippen molar-refractivity contribution in [1.29, 1.82) is 0 Å². The van der Waals surface area contributed by atoms with Crippen LogP contribution in [0.4, 0.5) is 0 Å². The van der Waals surface area contributed by atoms with Gasteiger partial charge in [0.2, 0.25) is 0 Å². The largest absolute Gasteiger partial charge is 0.507 e. The van der Waals surface area contributed by atoms with Gasteiger partial charge in [-0.15, -0.1) is 0 Å². The molecule has 0 spiro atoms. The number of methoxy groups -OCH3 is 1. The number of likely N-dealkylation sites (tertiary alicyclic amines) is 1. The Kier molecular flexibility index (Phi) is 6.84. The number of aromatic nitrogens is 1. The molecule has 1 aromatic carbocycles. The number of hydrogen-bond donors (Lipinski definition) is 1. The van der Waals surface area contributed by atoms with Crippen molar-refractivity contribution in [1.82, 2.24) is 9.88 Å². The monoisotopic (exact) mass is 410 g/mol. The van der Waals surface area contributed by atoms with Crippen LogP contribution in [-0.4, -0.2) is 53.0 Å². The van der Waals surface area contributed by atoms with Gasteiger partial charge >= 0.3 is 0 Å². The minimum absolute atomic E-state index is 0.0208. The zero-order valence-electron chi connectivity index (χ0n) is 17.4. The first kappa shape index (κ1) is 21.5. The van der Waals surface area contributed by atoms with E-state index in [1.54, 1.807) is 55.9 Å². The van der Waals surface area contributed by atoms with Crippen molar-refractivity contribution in [3.8, 4) is 5.75 Å². The molecule has 1 atom stereocenters. The molecular formula is C23H26N2O5. The molecule has 7 heteroatoms. The van der Waals surface area contributed by atoms with E-state index >= 15 is 0 Å². The van der Waals surface area contributed by atoms with Crippen molar-refractivity contribution in [3.05, 3.63) is 65.5 Å². The lowest BCUT2D eigenvalue weighted by Crippen LogP contribution is -2.31. The lowest BCUT2D eigenvalue weighted by Gasteiger charge is -2.25. The molecule has 3 rings (SSSR count). The molecule has 1 aromatic heterocycles. The number of benzene rings is 1. The number of hydrogen-bond acceptors (Lipinski definition) is 6. The van der Waals surface area contributed by atoms with Gasteiger partial charge in [0, 0.05) is 38.2 Å². The van der Waals surface area contributed by atoms with Gasteiger partial charge in [0.15, 0.2) is 0 Å². The van der Waals surface area contributed by atoms with Crippen LogP contribution in [0, 0.1) is 0 Å². The van der Waals surface area contributed by atoms with Crippen LogP contribution in [0.3, 0.4) is 0 Å². The SMILES string of the molecule is COCCCN1C(=O)C(=O)/C(=C(/O)c2ccc(OC(C)C)cc2)[C@@H]1c1cccnc1. The highest BCUT2D eigenvalue weighted by Crippen LogP contribution is 2.39. The van der Waals surface area contributed by atoms with E-state index in [0.717, 1.165) is 0 Å². The summed E-state index contributed by atoms with van der Waals surface area (Å²) >= 11 is 0. The summed E-state index contributed by atoms with van der Waals surface area (Å²) in [4.78, 5) is 31.2. The number of carbonyl (C=O) groups is 2. The first-order valence-corrected chi connectivity index (χ1v) is 9.88. The molecule has 0 radical (unpaired) electrons. The molecule has 1 fully saturated rings. The molecule has 30 heavy (non-hydrogen) atoms. The third-order valence-electron chi connectivity index (χ3n) is 4.79. The zero-order chi connectivity index (χ0) is 21.7. The molecule has 1 amide bonds. The number of carbonyl (C=O) groups excluding carboxylic acids is 2. The standard InChI is InChI=1S/C23H26N2O5/c1-15(2)30-18-9-7-16(8-10-18)21(26)19-20(17-6-4-11-24-14-17)25(12-5-13-29-3)23(28)22(19)27/h4,6-11,14-15,20,26H,5,12-13H2,1-3H3/b21-19+/t20-/m0/s1. The number of rotatable bonds is 8. The summed E-state index contributed by atoms with van der Waals surface area (Å²) < 4.78 is 10.7. The summed E-state index contributed by atoms with van der Waals surface area (Å²) in [6.07, 6.45) is 3.81. The molecule has 1 aliphatic rings. The molecule has 0 aliphatic carbocycles. The van der Waals surface area contributed by atoms with E-state index in [1.807, 2.05) is 13.8 Å². The van der Waals surface area contributed by atoms with Crippen LogP contribution in [0.5, 0.6) is 5.75 Å². The predicted molar refractivity (Wildman–Crippen MR) is 112 cm³/mol. The van der Waals surface area contributed by atoms with Crippen molar-refractivity contribution < 1.29 is 24.2 Å². The smallest absolute Gasteiger partial charge is 0.295 e. The quantitative estimate of drug-likeness (QED) is 0.311. The normalized spacial score (nSPS) is 18.3. The summed E-state index contributed by atoms with van der Waals surface area (Å²) in [5, 5.41) is 11.0. The van der Waals surface area contributed by atoms with E-state index in [9.17, 15) is 14.7 Å². The Balaban J connectivity index is 2.02. The third-order valence-corrected chi connectivity index (χ3v) is 4.79. The Labute approximate surface area is 175 Å². The van der Waals surface area contributed by atoms with Gasteiger partial charge in [-0.25, -0.2) is 0 Å². The van der Waals surface area contributed by atoms with E-state index < -0.39 is 17.7 Å². The average molecular weight is 410 g/mol. The van der Waals surface area contributed by atoms with Gasteiger partial charge in [0.05, 0.1) is 17.7 Å². The first-order chi connectivity index (χ1) is 14.4. The number of ether oxygens (including phenoxy) is 2. The second-order valence-electron chi connectivity index (χ2n) is 7.32. The average Bonchev–Trinajstić information content (AvgIpc) is 2.99. The molecule has 2 aromatic rings. The Morgan fingerprint density at radius 3 is 2.53 bits per heavy atom. The van der Waals surface area contributed by atoms with Crippen LogP contribution in [0.15, 0.2) is 54.4 Å². The second kappa shape index (κ2) is 9.54. The molecule has 2 heterocycles. The molecule has 1 aliphatic heterocycles. The highest BCUT2D eigenvalue weighted by molar-refractivity contribution is 6.46. The van der Waals surface area contributed by atoms with Crippen LogP contribution >= 0.6 is 0 Å². The van der Waals surface area contributed by atoms with Crippen molar-refractivity contribution in [3.63, 3.8) is 0 Å². The number of nitrogens with zero attached hydrogens (tertiary/aromatic N) is 2. The van der Waals surface area contributed by atoms with Crippen molar-refractivity contribution >= 4 is 17.4 Å². The fraction of sp³-hybridized carbons (Fsp3) is 0.348. The minimum Gasteiger partial charge on any atom is -0.507 e. The van der Waals surface area contributed by atoms with E-state index in [-0.39, 0.29) is 17.4 Å². The lowest BCUT2D eigenvalue weighted by atomic mass is 9.96. The summed E-state index contributed by atoms with van der Waals surface area (Å²) in [5.74, 6) is -0.902. The van der Waals surface area contributed by atoms with Gasteiger partial charge < -0.3 is 19.5 Å². The maximum Gasteiger partial charge on any atom is 0.295 e. The molecule has 1 saturated heterocycles. The highest BCUT2D eigenvalue weighted by Gasteiger charge is 2.45. The highest BCUT2D eigenvalue weighted by atomic mass is 16.5. The van der Waals surface area contributed by atoms with Gasteiger partial charge in [0.25, 0.3) is 11.7 Å². The molecule has 0 unspecified atom stereocenters. The molecule has 0 bridgehead atoms. The Hall–Kier alpha value is -3.19. The van der Waals surface area contributed by atoms with Gasteiger partial charge in [-0.05, 0) is 56.2 Å². The number of amides is 1. The fourth-order valence-electron chi connectivity index (χ4n) is 3.49. The lowest BCUT2D eigenvalue weighted by molar-refractivity contribution is -0.140. The van der Waals surface area contributed by atoms with Gasteiger partial charge in [-0.1, -0.05) is 6.07 Å². The van der Waals surface area contributed by atoms with Gasteiger partial charge in [-0.3, -0.25) is 14.6 Å². The summed E-state index contributed by atoms with van der Waals surface area (Å²) in [6, 6.07) is 9.62. The Morgan fingerprint density at radius 2 is 1.93 bits per heavy atom. The number of aliphatic hydroxyl groups excluding tert-OH is 1. The molecule has 0 saturated carbocycles. The molecule has 1 N–H and O–H groups in total. The van der Waals surface area contributed by atoms with Crippen LogP contribution in [0.2, 0.25) is 0 Å². The number of aliphatic hydroxyl groups is 1. The van der Waals surface area contributed by atoms with Gasteiger partial charge in [0.1, 0.15) is 11.5 Å². The van der Waals surface area contributed by atoms with E-state index in [1.165, 1.54) is 4.90 Å². The maximum absolute atomic E-state index is 12.9. The maximum atomic E-state index is 12.9. The van der Waals surface area contributed by atoms with Crippen molar-refractivity contribution in [2.45, 2.75) is 32.4 Å². The summed E-state index contributed by atoms with van der Waals surface area (Å²) in [6.45, 7) is 4.63. The van der Waals surface area contributed by atoms with E-state index in [0.29, 0.717) is 36.4 Å². The third kappa shape index (κ3) is 4.52. The number of Topliss-reactive ketones (excluding diaryl/α,β-unsaturated/α-hetero) is 1. The van der Waals surface area contributed by atoms with E-state index in [4.69, 9.17) is 9.47 Å².